The standard InChI is InChI=1S/C19H20BrFN3O9P/c1-9(15(27)28)23-34(30)33-16(31-11-5-3-10(20)4-6-11)13-14(26)19(2,21)17(32-13)24-8-7-12(25)22-18(24)29/h3-9,13-14,16-17,26H,1-2H3,(H,27,28)(H,22,25,29)/t9?,13-,14-,16?,17-,19-/m1/s1. The molecule has 3 N–H and O–H groups in total. The van der Waals surface area contributed by atoms with Crippen molar-refractivity contribution in [3.63, 3.8) is 0 Å². The van der Waals surface area contributed by atoms with Crippen LogP contribution in [0.5, 0.6) is 5.75 Å². The van der Waals surface area contributed by atoms with E-state index in [0.717, 1.165) is 23.8 Å². The van der Waals surface area contributed by atoms with Gasteiger partial charge in [-0.25, -0.2) is 14.0 Å². The number of carboxylic acid groups (broad SMARTS) is 1. The van der Waals surface area contributed by atoms with E-state index in [1.807, 2.05) is 4.98 Å². The van der Waals surface area contributed by atoms with Crippen LogP contribution in [0.4, 0.5) is 4.39 Å². The number of carboxylic acids is 1. The number of nitrogens with one attached hydrogen (secondary N) is 1. The summed E-state index contributed by atoms with van der Waals surface area (Å²) < 4.78 is 36.9. The number of hydrogen-bond acceptors (Lipinski definition) is 9. The summed E-state index contributed by atoms with van der Waals surface area (Å²) in [6, 6.07) is 5.78. The quantitative estimate of drug-likeness (QED) is 0.313. The van der Waals surface area contributed by atoms with Crippen LogP contribution in [0.2, 0.25) is 0 Å². The number of carbonyl (C=O) groups is 1. The Morgan fingerprint density at radius 2 is 2.03 bits per heavy atom. The first-order valence-electron chi connectivity index (χ1n) is 9.74. The van der Waals surface area contributed by atoms with Gasteiger partial charge in [0, 0.05) is 16.7 Å². The lowest BCUT2D eigenvalue weighted by molar-refractivity contribution is -0.206. The number of aliphatic carboxylic acids is 1. The molecule has 3 unspecified atom stereocenters. The lowest BCUT2D eigenvalue weighted by Crippen LogP contribution is -2.46. The first kappa shape index (κ1) is 26.1. The number of aromatic amines is 1. The zero-order valence-corrected chi connectivity index (χ0v) is 20.2. The zero-order chi connectivity index (χ0) is 25.2. The molecule has 0 bridgehead atoms. The summed E-state index contributed by atoms with van der Waals surface area (Å²) in [6.07, 6.45) is -6.06. The van der Waals surface area contributed by atoms with Gasteiger partial charge in [-0.3, -0.25) is 14.3 Å². The van der Waals surface area contributed by atoms with Crippen LogP contribution in [-0.2, 0) is 14.1 Å². The van der Waals surface area contributed by atoms with Crippen LogP contribution in [0.3, 0.4) is 0 Å². The first-order valence-corrected chi connectivity index (χ1v) is 11.7. The maximum Gasteiger partial charge on any atom is 0.346 e. The molecular formula is C19H20BrFN3O9P. The minimum Gasteiger partial charge on any atom is -0.583 e. The second-order valence-electron chi connectivity index (χ2n) is 7.48. The van der Waals surface area contributed by atoms with Crippen molar-refractivity contribution in [1.29, 1.82) is 0 Å². The first-order chi connectivity index (χ1) is 15.9. The van der Waals surface area contributed by atoms with Gasteiger partial charge in [0.15, 0.2) is 24.0 Å². The Hall–Kier alpha value is -2.48. The number of aliphatic hydroxyl groups is 1. The van der Waals surface area contributed by atoms with Gasteiger partial charge in [0.1, 0.15) is 11.9 Å². The third-order valence-corrected chi connectivity index (χ3v) is 6.37. The Balaban J connectivity index is 1.96. The number of H-pyrrole nitrogens is 1. The predicted molar refractivity (Wildman–Crippen MR) is 117 cm³/mol. The third-order valence-electron chi connectivity index (χ3n) is 4.92. The highest BCUT2D eigenvalue weighted by atomic mass is 79.9. The highest BCUT2D eigenvalue weighted by Crippen LogP contribution is 2.43. The third kappa shape index (κ3) is 5.77. The molecule has 1 aromatic heterocycles. The van der Waals surface area contributed by atoms with Crippen LogP contribution in [0.15, 0.2) is 55.3 Å². The van der Waals surface area contributed by atoms with Crippen molar-refractivity contribution in [3.05, 3.63) is 61.8 Å². The van der Waals surface area contributed by atoms with Crippen LogP contribution in [0.25, 0.3) is 0 Å². The summed E-state index contributed by atoms with van der Waals surface area (Å²) in [5, 5.41) is 19.7. The van der Waals surface area contributed by atoms with Crippen molar-refractivity contribution in [2.45, 2.75) is 50.3 Å². The molecule has 2 heterocycles. The molecule has 0 radical (unpaired) electrons. The van der Waals surface area contributed by atoms with Crippen molar-refractivity contribution in [2.24, 2.45) is 4.74 Å². The van der Waals surface area contributed by atoms with E-state index in [0.29, 0.717) is 4.47 Å². The average Bonchev–Trinajstić information content (AvgIpc) is 2.98. The van der Waals surface area contributed by atoms with Crippen molar-refractivity contribution >= 4 is 30.1 Å². The summed E-state index contributed by atoms with van der Waals surface area (Å²) in [7, 11) is -3.01. The van der Waals surface area contributed by atoms with E-state index in [1.54, 1.807) is 12.1 Å². The summed E-state index contributed by atoms with van der Waals surface area (Å²) in [5.41, 5.74) is -4.30. The SMILES string of the molecule is CC(N=[P+]([O-])OC(Oc1ccc(Br)cc1)[C@@H]1O[C@@H](n2ccc(=O)[nH]c2=O)[C@](C)(F)[C@@H]1O)C(=O)O. The van der Waals surface area contributed by atoms with Gasteiger partial charge in [0.05, 0.1) is 0 Å². The Bertz CT molecular complexity index is 1190. The number of ether oxygens (including phenoxy) is 2. The van der Waals surface area contributed by atoms with Gasteiger partial charge in [-0.1, -0.05) is 20.7 Å². The van der Waals surface area contributed by atoms with E-state index in [4.69, 9.17) is 19.1 Å². The number of nitrogens with zero attached hydrogens (tertiary/aromatic N) is 2. The molecule has 1 saturated heterocycles. The van der Waals surface area contributed by atoms with Crippen LogP contribution in [0.1, 0.15) is 20.1 Å². The summed E-state index contributed by atoms with van der Waals surface area (Å²) in [4.78, 5) is 48.9. The number of hydrogen-bond donors (Lipinski definition) is 3. The number of aliphatic hydroxyl groups excluding tert-OH is 1. The van der Waals surface area contributed by atoms with Gasteiger partial charge in [-0.2, -0.15) is 0 Å². The molecule has 1 aliphatic heterocycles. The molecule has 15 heteroatoms. The molecule has 1 aliphatic rings. The van der Waals surface area contributed by atoms with Gasteiger partial charge in [0.25, 0.3) is 11.8 Å². The molecule has 3 rings (SSSR count). The van der Waals surface area contributed by atoms with E-state index >= 15 is 4.39 Å². The predicted octanol–water partition coefficient (Wildman–Crippen LogP) is 1.04. The van der Waals surface area contributed by atoms with Crippen molar-refractivity contribution in [2.75, 3.05) is 0 Å². The number of benzene rings is 1. The Morgan fingerprint density at radius 3 is 2.62 bits per heavy atom. The minimum atomic E-state index is -3.01. The Labute approximate surface area is 200 Å². The fraction of sp³-hybridized carbons (Fsp3) is 0.421. The smallest absolute Gasteiger partial charge is 0.346 e. The number of halogens is 2. The zero-order valence-electron chi connectivity index (χ0n) is 17.7. The fourth-order valence-electron chi connectivity index (χ4n) is 3.09. The van der Waals surface area contributed by atoms with E-state index in [-0.39, 0.29) is 5.75 Å². The van der Waals surface area contributed by atoms with Crippen molar-refractivity contribution < 1.29 is 38.3 Å². The van der Waals surface area contributed by atoms with E-state index < -0.39 is 61.8 Å². The van der Waals surface area contributed by atoms with Gasteiger partial charge < -0.3 is 24.6 Å². The van der Waals surface area contributed by atoms with Crippen LogP contribution < -0.4 is 20.9 Å². The summed E-state index contributed by atoms with van der Waals surface area (Å²) in [5.74, 6) is -1.20. The lowest BCUT2D eigenvalue weighted by atomic mass is 9.98. The normalized spacial score (nSPS) is 26.8. The molecular weight excluding hydrogens is 544 g/mol. The molecule has 0 spiro atoms. The average molecular weight is 564 g/mol. The Kier molecular flexibility index (Phi) is 8.01. The van der Waals surface area contributed by atoms with Crippen molar-refractivity contribution in [1.82, 2.24) is 9.55 Å². The largest absolute Gasteiger partial charge is 0.583 e. The molecule has 0 aliphatic carbocycles. The number of rotatable bonds is 8. The van der Waals surface area contributed by atoms with Crippen LogP contribution >= 0.6 is 24.1 Å². The van der Waals surface area contributed by atoms with Crippen molar-refractivity contribution in [3.8, 4) is 5.75 Å². The molecule has 0 saturated carbocycles. The molecule has 7 atom stereocenters. The monoisotopic (exact) mass is 563 g/mol. The second kappa shape index (κ2) is 10.4. The maximum absolute atomic E-state index is 15.6. The van der Waals surface area contributed by atoms with Gasteiger partial charge in [-0.05, 0) is 38.1 Å². The molecule has 2 aromatic rings. The van der Waals surface area contributed by atoms with E-state index in [9.17, 15) is 24.4 Å². The number of alkyl halides is 1. The topological polar surface area (TPSA) is 175 Å². The van der Waals surface area contributed by atoms with Gasteiger partial charge in [-0.15, -0.1) is 4.52 Å². The lowest BCUT2D eigenvalue weighted by Gasteiger charge is -2.25. The fourth-order valence-corrected chi connectivity index (χ4v) is 4.13. The second-order valence-corrected chi connectivity index (χ2v) is 9.31. The minimum absolute atomic E-state index is 0.156. The maximum atomic E-state index is 15.6. The molecule has 0 amide bonds. The van der Waals surface area contributed by atoms with E-state index in [1.165, 1.54) is 19.1 Å². The molecule has 12 nitrogen and oxygen atoms in total. The molecule has 184 valence electrons. The molecule has 34 heavy (non-hydrogen) atoms. The van der Waals surface area contributed by atoms with Crippen LogP contribution in [-0.4, -0.2) is 55.9 Å². The highest BCUT2D eigenvalue weighted by Gasteiger charge is 2.59. The summed E-state index contributed by atoms with van der Waals surface area (Å²) >= 11 is 3.25. The number of aromatic nitrogens is 2. The van der Waals surface area contributed by atoms with Gasteiger partial charge >= 0.3 is 19.8 Å². The highest BCUT2D eigenvalue weighted by molar-refractivity contribution is 9.10. The van der Waals surface area contributed by atoms with E-state index in [2.05, 4.69) is 20.7 Å². The van der Waals surface area contributed by atoms with Gasteiger partial charge in [0.2, 0.25) is 0 Å². The Morgan fingerprint density at radius 1 is 1.38 bits per heavy atom. The molecule has 1 aromatic carbocycles. The summed E-state index contributed by atoms with van der Waals surface area (Å²) in [6.45, 7) is 2.13. The van der Waals surface area contributed by atoms with Crippen LogP contribution in [0, 0.1) is 0 Å². The molecule has 1 fully saturated rings.